The average molecular weight is 295 g/mol. The zero-order chi connectivity index (χ0) is 15.5. The molecule has 0 aliphatic carbocycles. The van der Waals surface area contributed by atoms with Crippen LogP contribution in [0.5, 0.6) is 0 Å². The van der Waals surface area contributed by atoms with Gasteiger partial charge in [0.2, 0.25) is 0 Å². The molecule has 0 spiro atoms. The van der Waals surface area contributed by atoms with Crippen LogP contribution in [0.3, 0.4) is 0 Å². The van der Waals surface area contributed by atoms with Gasteiger partial charge in [0, 0.05) is 12.7 Å². The van der Waals surface area contributed by atoms with E-state index in [1.807, 2.05) is 22.8 Å². The number of carbonyl (C=O) groups is 1. The first kappa shape index (κ1) is 14.1. The zero-order valence-electron chi connectivity index (χ0n) is 12.1. The second-order valence-corrected chi connectivity index (χ2v) is 5.15. The van der Waals surface area contributed by atoms with E-state index in [9.17, 15) is 4.79 Å². The largest absolute Gasteiger partial charge is 0.383 e. The van der Waals surface area contributed by atoms with E-state index >= 15 is 0 Å². The van der Waals surface area contributed by atoms with Crippen LogP contribution in [0.2, 0.25) is 0 Å². The molecule has 112 valence electrons. The molecule has 2 heterocycles. The van der Waals surface area contributed by atoms with Crippen LogP contribution in [-0.4, -0.2) is 20.4 Å². The summed E-state index contributed by atoms with van der Waals surface area (Å²) in [5, 5.41) is 0.537. The number of aryl methyl sites for hydroxylation is 2. The molecule has 0 atom stereocenters. The molecule has 1 aromatic carbocycles. The second kappa shape index (κ2) is 5.85. The molecule has 4 N–H and O–H groups in total. The lowest BCUT2D eigenvalue weighted by Crippen LogP contribution is -2.11. The molecule has 0 aliphatic heterocycles. The molecule has 3 aromatic rings. The van der Waals surface area contributed by atoms with Crippen LogP contribution in [-0.2, 0) is 13.0 Å². The first-order chi connectivity index (χ1) is 10.7. The third-order valence-corrected chi connectivity index (χ3v) is 3.66. The van der Waals surface area contributed by atoms with Crippen molar-refractivity contribution in [3.63, 3.8) is 0 Å². The standard InChI is InChI=1S/C16H17N5O/c17-14-13-12(15(18)22)9-21(16(13)20-10-19-14)8-4-7-11-5-2-1-3-6-11/h1-3,5-6,9-10H,4,7-8H2,(H2,18,22)(H2,17,19,20). The van der Waals surface area contributed by atoms with Gasteiger partial charge in [-0.2, -0.15) is 0 Å². The van der Waals surface area contributed by atoms with Crippen molar-refractivity contribution in [2.45, 2.75) is 19.4 Å². The second-order valence-electron chi connectivity index (χ2n) is 5.15. The monoisotopic (exact) mass is 295 g/mol. The minimum absolute atomic E-state index is 0.278. The molecule has 1 amide bonds. The van der Waals surface area contributed by atoms with E-state index < -0.39 is 5.91 Å². The van der Waals surface area contributed by atoms with Gasteiger partial charge < -0.3 is 16.0 Å². The summed E-state index contributed by atoms with van der Waals surface area (Å²) in [7, 11) is 0. The molecule has 6 heteroatoms. The number of nitrogens with two attached hydrogens (primary N) is 2. The lowest BCUT2D eigenvalue weighted by atomic mass is 10.1. The molecule has 6 nitrogen and oxygen atoms in total. The number of carbonyl (C=O) groups excluding carboxylic acids is 1. The highest BCUT2D eigenvalue weighted by Crippen LogP contribution is 2.23. The molecule has 0 saturated heterocycles. The normalized spacial score (nSPS) is 10.9. The molecular formula is C16H17N5O. The van der Waals surface area contributed by atoms with Gasteiger partial charge in [-0.3, -0.25) is 4.79 Å². The average Bonchev–Trinajstić information content (AvgIpc) is 2.89. The molecule has 22 heavy (non-hydrogen) atoms. The molecule has 2 aromatic heterocycles. The summed E-state index contributed by atoms with van der Waals surface area (Å²) >= 11 is 0. The third kappa shape index (κ3) is 2.63. The van der Waals surface area contributed by atoms with Crippen molar-refractivity contribution in [3.8, 4) is 0 Å². The van der Waals surface area contributed by atoms with Crippen LogP contribution in [0.4, 0.5) is 5.82 Å². The summed E-state index contributed by atoms with van der Waals surface area (Å²) < 4.78 is 1.91. The maximum absolute atomic E-state index is 11.6. The number of fused-ring (bicyclic) bond motifs is 1. The summed E-state index contributed by atoms with van der Waals surface area (Å²) in [5.74, 6) is -0.242. The van der Waals surface area contributed by atoms with Crippen molar-refractivity contribution in [2.24, 2.45) is 5.73 Å². The van der Waals surface area contributed by atoms with Gasteiger partial charge in [-0.15, -0.1) is 0 Å². The Morgan fingerprint density at radius 1 is 1.18 bits per heavy atom. The SMILES string of the molecule is NC(=O)c1cn(CCCc2ccccc2)c2ncnc(N)c12. The predicted molar refractivity (Wildman–Crippen MR) is 85.2 cm³/mol. The van der Waals surface area contributed by atoms with E-state index in [0.29, 0.717) is 16.6 Å². The highest BCUT2D eigenvalue weighted by molar-refractivity contribution is 6.08. The number of nitrogen functional groups attached to an aromatic ring is 1. The number of rotatable bonds is 5. The number of amides is 1. The van der Waals surface area contributed by atoms with Gasteiger partial charge in [-0.25, -0.2) is 9.97 Å². The van der Waals surface area contributed by atoms with Gasteiger partial charge in [0.25, 0.3) is 5.91 Å². The Labute approximate surface area is 127 Å². The van der Waals surface area contributed by atoms with Crippen molar-refractivity contribution in [1.82, 2.24) is 14.5 Å². The van der Waals surface area contributed by atoms with E-state index in [-0.39, 0.29) is 5.82 Å². The van der Waals surface area contributed by atoms with Crippen LogP contribution in [0.25, 0.3) is 11.0 Å². The van der Waals surface area contributed by atoms with Crippen molar-refractivity contribution in [3.05, 3.63) is 54.0 Å². The Balaban J connectivity index is 1.85. The van der Waals surface area contributed by atoms with Crippen LogP contribution in [0.15, 0.2) is 42.9 Å². The Kier molecular flexibility index (Phi) is 3.74. The van der Waals surface area contributed by atoms with Crippen molar-refractivity contribution in [1.29, 1.82) is 0 Å². The summed E-state index contributed by atoms with van der Waals surface area (Å²) in [6, 6.07) is 10.3. The molecule has 0 unspecified atom stereocenters. The summed E-state index contributed by atoms with van der Waals surface area (Å²) in [6.45, 7) is 0.731. The van der Waals surface area contributed by atoms with E-state index in [4.69, 9.17) is 11.5 Å². The van der Waals surface area contributed by atoms with Crippen LogP contribution < -0.4 is 11.5 Å². The molecule has 3 rings (SSSR count). The lowest BCUT2D eigenvalue weighted by Gasteiger charge is -2.05. The summed E-state index contributed by atoms with van der Waals surface area (Å²) in [6.07, 6.45) is 4.99. The van der Waals surface area contributed by atoms with Crippen molar-refractivity contribution in [2.75, 3.05) is 5.73 Å². The number of benzene rings is 1. The Morgan fingerprint density at radius 3 is 2.68 bits per heavy atom. The van der Waals surface area contributed by atoms with Crippen molar-refractivity contribution >= 4 is 22.8 Å². The molecule has 0 bridgehead atoms. The fraction of sp³-hybridized carbons (Fsp3) is 0.188. The number of nitrogens with zero attached hydrogens (tertiary/aromatic N) is 3. The molecular weight excluding hydrogens is 278 g/mol. The molecule has 0 saturated carbocycles. The molecule has 0 radical (unpaired) electrons. The topological polar surface area (TPSA) is 99.8 Å². The highest BCUT2D eigenvalue weighted by atomic mass is 16.1. The number of hydrogen-bond donors (Lipinski definition) is 2. The number of primary amides is 1. The Bertz CT molecular complexity index is 810. The van der Waals surface area contributed by atoms with Crippen LogP contribution in [0.1, 0.15) is 22.3 Å². The van der Waals surface area contributed by atoms with Crippen LogP contribution in [0, 0.1) is 0 Å². The van der Waals surface area contributed by atoms with Gasteiger partial charge in [0.1, 0.15) is 17.8 Å². The minimum atomic E-state index is -0.520. The van der Waals surface area contributed by atoms with Gasteiger partial charge in [-0.05, 0) is 18.4 Å². The van der Waals surface area contributed by atoms with E-state index in [1.165, 1.54) is 11.9 Å². The van der Waals surface area contributed by atoms with E-state index in [0.717, 1.165) is 19.4 Å². The number of anilines is 1. The maximum atomic E-state index is 11.6. The van der Waals surface area contributed by atoms with Crippen molar-refractivity contribution < 1.29 is 4.79 Å². The van der Waals surface area contributed by atoms with Gasteiger partial charge >= 0.3 is 0 Å². The Morgan fingerprint density at radius 2 is 1.95 bits per heavy atom. The van der Waals surface area contributed by atoms with Gasteiger partial charge in [0.15, 0.2) is 0 Å². The third-order valence-electron chi connectivity index (χ3n) is 3.66. The van der Waals surface area contributed by atoms with Gasteiger partial charge in [-0.1, -0.05) is 30.3 Å². The fourth-order valence-electron chi connectivity index (χ4n) is 2.60. The lowest BCUT2D eigenvalue weighted by molar-refractivity contribution is 0.100. The predicted octanol–water partition coefficient (Wildman–Crippen LogP) is 1.75. The molecule has 0 aliphatic rings. The van der Waals surface area contributed by atoms with E-state index in [2.05, 4.69) is 22.1 Å². The summed E-state index contributed by atoms with van der Waals surface area (Å²) in [4.78, 5) is 19.7. The summed E-state index contributed by atoms with van der Waals surface area (Å²) in [5.41, 5.74) is 13.6. The van der Waals surface area contributed by atoms with Crippen LogP contribution >= 0.6 is 0 Å². The zero-order valence-corrected chi connectivity index (χ0v) is 12.1. The smallest absolute Gasteiger partial charge is 0.251 e. The molecule has 0 fully saturated rings. The maximum Gasteiger partial charge on any atom is 0.251 e. The van der Waals surface area contributed by atoms with Gasteiger partial charge in [0.05, 0.1) is 10.9 Å². The minimum Gasteiger partial charge on any atom is -0.383 e. The first-order valence-corrected chi connectivity index (χ1v) is 7.10. The Hall–Kier alpha value is -2.89. The fourth-order valence-corrected chi connectivity index (χ4v) is 2.60. The first-order valence-electron chi connectivity index (χ1n) is 7.10. The quantitative estimate of drug-likeness (QED) is 0.748. The highest BCUT2D eigenvalue weighted by Gasteiger charge is 2.16. The number of aromatic nitrogens is 3. The van der Waals surface area contributed by atoms with E-state index in [1.54, 1.807) is 6.20 Å². The number of hydrogen-bond acceptors (Lipinski definition) is 4.